The van der Waals surface area contributed by atoms with Crippen molar-refractivity contribution in [1.82, 2.24) is 0 Å². The lowest BCUT2D eigenvalue weighted by molar-refractivity contribution is 0.0998. The Bertz CT molecular complexity index is 1140. The van der Waals surface area contributed by atoms with E-state index in [1.165, 1.54) is 0 Å². The summed E-state index contributed by atoms with van der Waals surface area (Å²) in [6, 6.07) is 23.5. The minimum absolute atomic E-state index is 0.190. The first-order chi connectivity index (χ1) is 13.6. The Kier molecular flexibility index (Phi) is 4.64. The molecule has 4 rings (SSSR count). The van der Waals surface area contributed by atoms with Crippen molar-refractivity contribution in [1.29, 1.82) is 0 Å². The molecule has 1 heterocycles. The number of furan rings is 1. The highest BCUT2D eigenvalue weighted by Gasteiger charge is 2.17. The zero-order valence-electron chi connectivity index (χ0n) is 15.2. The van der Waals surface area contributed by atoms with Gasteiger partial charge in [0.2, 0.25) is 0 Å². The first-order valence-electron chi connectivity index (χ1n) is 8.87. The molecule has 0 fully saturated rings. The fourth-order valence-corrected chi connectivity index (χ4v) is 2.99. The van der Waals surface area contributed by atoms with Crippen molar-refractivity contribution in [3.63, 3.8) is 0 Å². The number of nitrogens with one attached hydrogen (secondary N) is 2. The lowest BCUT2D eigenvalue weighted by atomic mass is 10.1. The van der Waals surface area contributed by atoms with Gasteiger partial charge in [0, 0.05) is 11.1 Å². The van der Waals surface area contributed by atoms with Crippen LogP contribution in [0.2, 0.25) is 0 Å². The maximum absolute atomic E-state index is 12.7. The Morgan fingerprint density at radius 2 is 1.57 bits per heavy atom. The molecular formula is C23H18N2O3. The van der Waals surface area contributed by atoms with Crippen molar-refractivity contribution in [2.75, 3.05) is 10.6 Å². The van der Waals surface area contributed by atoms with Crippen LogP contribution in [0.15, 0.2) is 83.3 Å². The molecule has 0 aliphatic heterocycles. The number of anilines is 2. The number of aryl methyl sites for hydroxylation is 1. The van der Waals surface area contributed by atoms with Crippen LogP contribution in [-0.4, -0.2) is 11.8 Å². The number of carbonyl (C=O) groups excluding carboxylic acids is 2. The van der Waals surface area contributed by atoms with Gasteiger partial charge in [-0.15, -0.1) is 0 Å². The summed E-state index contributed by atoms with van der Waals surface area (Å²) in [5.74, 6) is -0.520. The van der Waals surface area contributed by atoms with Crippen LogP contribution in [0.5, 0.6) is 0 Å². The van der Waals surface area contributed by atoms with Gasteiger partial charge < -0.3 is 15.1 Å². The quantitative estimate of drug-likeness (QED) is 0.516. The molecule has 0 bridgehead atoms. The SMILES string of the molecule is Cc1cccc(NC(=O)c2ccccc2NC(=O)c2cc3ccccc3o2)c1. The van der Waals surface area contributed by atoms with Crippen molar-refractivity contribution in [2.45, 2.75) is 6.92 Å². The summed E-state index contributed by atoms with van der Waals surface area (Å²) in [6.45, 7) is 1.96. The van der Waals surface area contributed by atoms with E-state index in [0.29, 0.717) is 22.5 Å². The van der Waals surface area contributed by atoms with Crippen molar-refractivity contribution >= 4 is 34.2 Å². The van der Waals surface area contributed by atoms with Gasteiger partial charge in [-0.25, -0.2) is 0 Å². The molecule has 5 heteroatoms. The zero-order chi connectivity index (χ0) is 19.5. The van der Waals surface area contributed by atoms with Crippen LogP contribution >= 0.6 is 0 Å². The second kappa shape index (κ2) is 7.40. The standard InChI is InChI=1S/C23H18N2O3/c1-15-7-6-9-17(13-15)24-22(26)18-10-3-4-11-19(18)25-23(27)21-14-16-8-2-5-12-20(16)28-21/h2-14H,1H3,(H,24,26)(H,25,27). The highest BCUT2D eigenvalue weighted by molar-refractivity contribution is 6.12. The van der Waals surface area contributed by atoms with Gasteiger partial charge in [0.05, 0.1) is 11.3 Å². The minimum atomic E-state index is -0.410. The Labute approximate surface area is 162 Å². The van der Waals surface area contributed by atoms with Gasteiger partial charge in [0.1, 0.15) is 5.58 Å². The average Bonchev–Trinajstić information content (AvgIpc) is 3.13. The van der Waals surface area contributed by atoms with Crippen LogP contribution < -0.4 is 10.6 Å². The molecule has 0 aliphatic rings. The monoisotopic (exact) mass is 370 g/mol. The first kappa shape index (κ1) is 17.5. The van der Waals surface area contributed by atoms with E-state index in [1.54, 1.807) is 36.4 Å². The fraction of sp³-hybridized carbons (Fsp3) is 0.0435. The number of rotatable bonds is 4. The van der Waals surface area contributed by atoms with E-state index in [-0.39, 0.29) is 11.7 Å². The molecule has 0 saturated heterocycles. The molecule has 1 aromatic heterocycles. The molecule has 0 atom stereocenters. The molecule has 2 amide bonds. The average molecular weight is 370 g/mol. The van der Waals surface area contributed by atoms with Crippen LogP contribution in [0, 0.1) is 6.92 Å². The van der Waals surface area contributed by atoms with Crippen LogP contribution in [-0.2, 0) is 0 Å². The molecule has 138 valence electrons. The summed E-state index contributed by atoms with van der Waals surface area (Å²) in [6.07, 6.45) is 0. The smallest absolute Gasteiger partial charge is 0.291 e. The molecule has 0 saturated carbocycles. The van der Waals surface area contributed by atoms with Gasteiger partial charge >= 0.3 is 0 Å². The summed E-state index contributed by atoms with van der Waals surface area (Å²) < 4.78 is 5.60. The van der Waals surface area contributed by atoms with E-state index >= 15 is 0 Å². The van der Waals surface area contributed by atoms with Crippen molar-refractivity contribution in [3.8, 4) is 0 Å². The number of hydrogen-bond donors (Lipinski definition) is 2. The molecule has 28 heavy (non-hydrogen) atoms. The second-order valence-corrected chi connectivity index (χ2v) is 6.47. The van der Waals surface area contributed by atoms with Crippen molar-refractivity contribution in [3.05, 3.63) is 95.7 Å². The minimum Gasteiger partial charge on any atom is -0.451 e. The third-order valence-corrected chi connectivity index (χ3v) is 4.35. The van der Waals surface area contributed by atoms with Gasteiger partial charge in [-0.3, -0.25) is 9.59 Å². The lowest BCUT2D eigenvalue weighted by Crippen LogP contribution is -2.18. The van der Waals surface area contributed by atoms with E-state index in [4.69, 9.17) is 4.42 Å². The van der Waals surface area contributed by atoms with E-state index in [2.05, 4.69) is 10.6 Å². The number of benzene rings is 3. The van der Waals surface area contributed by atoms with Gasteiger partial charge in [0.25, 0.3) is 11.8 Å². The summed E-state index contributed by atoms with van der Waals surface area (Å²) >= 11 is 0. The molecule has 0 aliphatic carbocycles. The molecule has 2 N–H and O–H groups in total. The Morgan fingerprint density at radius 3 is 2.39 bits per heavy atom. The Balaban J connectivity index is 1.57. The largest absolute Gasteiger partial charge is 0.451 e. The summed E-state index contributed by atoms with van der Waals surface area (Å²) in [5, 5.41) is 6.48. The van der Waals surface area contributed by atoms with E-state index < -0.39 is 5.91 Å². The zero-order valence-corrected chi connectivity index (χ0v) is 15.2. The van der Waals surface area contributed by atoms with E-state index in [9.17, 15) is 9.59 Å². The Hall–Kier alpha value is -3.86. The third-order valence-electron chi connectivity index (χ3n) is 4.35. The molecule has 3 aromatic carbocycles. The van der Waals surface area contributed by atoms with Gasteiger partial charge in [0.15, 0.2) is 5.76 Å². The third kappa shape index (κ3) is 3.64. The number of hydrogen-bond acceptors (Lipinski definition) is 3. The second-order valence-electron chi connectivity index (χ2n) is 6.47. The van der Waals surface area contributed by atoms with Crippen LogP contribution in [0.3, 0.4) is 0 Å². The van der Waals surface area contributed by atoms with Gasteiger partial charge in [-0.05, 0) is 48.9 Å². The molecular weight excluding hydrogens is 352 g/mol. The Morgan fingerprint density at radius 1 is 0.786 bits per heavy atom. The summed E-state index contributed by atoms with van der Waals surface area (Å²) in [4.78, 5) is 25.3. The number of amides is 2. The highest BCUT2D eigenvalue weighted by atomic mass is 16.3. The van der Waals surface area contributed by atoms with Crippen molar-refractivity contribution < 1.29 is 14.0 Å². The predicted octanol–water partition coefficient (Wildman–Crippen LogP) is 5.25. The van der Waals surface area contributed by atoms with Crippen molar-refractivity contribution in [2.24, 2.45) is 0 Å². The molecule has 4 aromatic rings. The first-order valence-corrected chi connectivity index (χ1v) is 8.87. The van der Waals surface area contributed by atoms with E-state index in [1.807, 2.05) is 49.4 Å². The summed E-state index contributed by atoms with van der Waals surface area (Å²) in [5.41, 5.74) is 3.16. The topological polar surface area (TPSA) is 71.3 Å². The molecule has 0 unspecified atom stereocenters. The van der Waals surface area contributed by atoms with Crippen LogP contribution in [0.25, 0.3) is 11.0 Å². The predicted molar refractivity (Wildman–Crippen MR) is 110 cm³/mol. The van der Waals surface area contributed by atoms with E-state index in [0.717, 1.165) is 10.9 Å². The number of para-hydroxylation sites is 2. The maximum atomic E-state index is 12.7. The molecule has 0 radical (unpaired) electrons. The molecule has 0 spiro atoms. The maximum Gasteiger partial charge on any atom is 0.291 e. The van der Waals surface area contributed by atoms with Gasteiger partial charge in [-0.1, -0.05) is 42.5 Å². The fourth-order valence-electron chi connectivity index (χ4n) is 2.99. The summed E-state index contributed by atoms with van der Waals surface area (Å²) in [7, 11) is 0. The number of carbonyl (C=O) groups is 2. The lowest BCUT2D eigenvalue weighted by Gasteiger charge is -2.11. The highest BCUT2D eigenvalue weighted by Crippen LogP contribution is 2.22. The van der Waals surface area contributed by atoms with Crippen LogP contribution in [0.1, 0.15) is 26.5 Å². The van der Waals surface area contributed by atoms with Crippen LogP contribution in [0.4, 0.5) is 11.4 Å². The number of fused-ring (bicyclic) bond motifs is 1. The van der Waals surface area contributed by atoms with Gasteiger partial charge in [-0.2, -0.15) is 0 Å². The molecule has 5 nitrogen and oxygen atoms in total. The normalized spacial score (nSPS) is 10.6.